The van der Waals surface area contributed by atoms with Gasteiger partial charge in [0.25, 0.3) is 0 Å². The number of hydrogen-bond donors (Lipinski definition) is 1. The van der Waals surface area contributed by atoms with Crippen LogP contribution in [0.1, 0.15) is 51.9 Å². The molecule has 0 amide bonds. The molecule has 3 rings (SSSR count). The highest BCUT2D eigenvalue weighted by molar-refractivity contribution is 9.10. The molecule has 0 bridgehead atoms. The Hall–Kier alpha value is 0.400. The second-order valence-electron chi connectivity index (χ2n) is 7.16. The molecule has 3 heteroatoms. The zero-order chi connectivity index (χ0) is 13.3. The van der Waals surface area contributed by atoms with Gasteiger partial charge in [-0.25, -0.2) is 0 Å². The van der Waals surface area contributed by atoms with Crippen LogP contribution in [-0.4, -0.2) is 30.1 Å². The number of halogens is 1. The quantitative estimate of drug-likeness (QED) is 0.683. The summed E-state index contributed by atoms with van der Waals surface area (Å²) in [6, 6.07) is 0. The minimum Gasteiger partial charge on any atom is -0.378 e. The molecule has 2 heterocycles. The van der Waals surface area contributed by atoms with Crippen LogP contribution in [-0.2, 0) is 4.74 Å². The first-order valence-electron chi connectivity index (χ1n) is 8.17. The number of hydrogen-bond acceptors (Lipinski definition) is 2. The fraction of sp³-hybridized carbons (Fsp3) is 1.00. The van der Waals surface area contributed by atoms with Gasteiger partial charge in [0.05, 0.1) is 6.10 Å². The first kappa shape index (κ1) is 14.3. The third kappa shape index (κ3) is 3.36. The zero-order valence-corrected chi connectivity index (χ0v) is 13.8. The number of alkyl halides is 1. The third-order valence-electron chi connectivity index (χ3n) is 5.59. The van der Waals surface area contributed by atoms with E-state index in [0.717, 1.165) is 24.4 Å². The molecule has 5 unspecified atom stereocenters. The molecular formula is C16H28BrNO. The molecule has 110 valence electrons. The number of nitrogens with one attached hydrogen (secondary N) is 1. The van der Waals surface area contributed by atoms with Crippen molar-refractivity contribution in [3.05, 3.63) is 0 Å². The van der Waals surface area contributed by atoms with Gasteiger partial charge in [0, 0.05) is 10.9 Å². The second-order valence-corrected chi connectivity index (χ2v) is 9.08. The van der Waals surface area contributed by atoms with E-state index in [1.165, 1.54) is 58.0 Å². The summed E-state index contributed by atoms with van der Waals surface area (Å²) in [5.74, 6) is 2.46. The van der Waals surface area contributed by atoms with Crippen molar-refractivity contribution in [1.29, 1.82) is 0 Å². The Kier molecular flexibility index (Phi) is 4.55. The summed E-state index contributed by atoms with van der Waals surface area (Å²) in [5.41, 5.74) is 0. The summed E-state index contributed by atoms with van der Waals surface area (Å²) < 4.78 is 6.60. The van der Waals surface area contributed by atoms with Gasteiger partial charge in [0.1, 0.15) is 0 Å². The summed E-state index contributed by atoms with van der Waals surface area (Å²) in [6.45, 7) is 5.83. The monoisotopic (exact) mass is 329 g/mol. The fourth-order valence-electron chi connectivity index (χ4n) is 4.53. The highest BCUT2D eigenvalue weighted by Gasteiger charge is 2.43. The van der Waals surface area contributed by atoms with Crippen LogP contribution < -0.4 is 5.32 Å². The Morgan fingerprint density at radius 1 is 1.11 bits per heavy atom. The average Bonchev–Trinajstić information content (AvgIpc) is 2.77. The van der Waals surface area contributed by atoms with Crippen LogP contribution in [0.25, 0.3) is 0 Å². The average molecular weight is 330 g/mol. The lowest BCUT2D eigenvalue weighted by molar-refractivity contribution is 0.00329. The highest BCUT2D eigenvalue weighted by atomic mass is 79.9. The standard InChI is InChI=1S/C16H28BrNO/c1-16(17)7-4-2-3-5-15-13(9-16)14-11-18-10-12(14)6-8-19-15/h12-15,18H,2-11H2,1H3. The van der Waals surface area contributed by atoms with Crippen molar-refractivity contribution >= 4 is 15.9 Å². The first-order chi connectivity index (χ1) is 9.16. The van der Waals surface area contributed by atoms with Crippen molar-refractivity contribution in [2.24, 2.45) is 17.8 Å². The van der Waals surface area contributed by atoms with Crippen molar-refractivity contribution in [1.82, 2.24) is 5.32 Å². The van der Waals surface area contributed by atoms with Crippen LogP contribution in [0, 0.1) is 17.8 Å². The molecule has 2 aliphatic heterocycles. The van der Waals surface area contributed by atoms with E-state index in [4.69, 9.17) is 4.74 Å². The lowest BCUT2D eigenvalue weighted by Gasteiger charge is -2.35. The number of fused-ring (bicyclic) bond motifs is 3. The number of rotatable bonds is 0. The maximum atomic E-state index is 6.28. The SMILES string of the molecule is CC1(Br)CCCCCC2OCCC3CNCC3C2C1. The highest BCUT2D eigenvalue weighted by Crippen LogP contribution is 2.44. The molecule has 2 saturated heterocycles. The Labute approximate surface area is 126 Å². The van der Waals surface area contributed by atoms with E-state index in [2.05, 4.69) is 28.2 Å². The van der Waals surface area contributed by atoms with E-state index in [1.54, 1.807) is 0 Å². The van der Waals surface area contributed by atoms with Gasteiger partial charge in [-0.1, -0.05) is 35.2 Å². The molecule has 5 atom stereocenters. The van der Waals surface area contributed by atoms with E-state index >= 15 is 0 Å². The molecule has 19 heavy (non-hydrogen) atoms. The van der Waals surface area contributed by atoms with Crippen LogP contribution >= 0.6 is 15.9 Å². The summed E-state index contributed by atoms with van der Waals surface area (Å²) in [4.78, 5) is 0. The summed E-state index contributed by atoms with van der Waals surface area (Å²) in [6.07, 6.45) is 9.79. The van der Waals surface area contributed by atoms with Crippen molar-refractivity contribution < 1.29 is 4.74 Å². The van der Waals surface area contributed by atoms with Crippen LogP contribution in [0.2, 0.25) is 0 Å². The normalized spacial score (nSPS) is 48.3. The molecule has 0 radical (unpaired) electrons. The van der Waals surface area contributed by atoms with Crippen molar-refractivity contribution in [2.75, 3.05) is 19.7 Å². The zero-order valence-electron chi connectivity index (χ0n) is 12.2. The predicted molar refractivity (Wildman–Crippen MR) is 82.7 cm³/mol. The van der Waals surface area contributed by atoms with Crippen LogP contribution in [0.5, 0.6) is 0 Å². The summed E-state index contributed by atoms with van der Waals surface area (Å²) in [7, 11) is 0. The van der Waals surface area contributed by atoms with Crippen molar-refractivity contribution in [2.45, 2.75) is 62.3 Å². The van der Waals surface area contributed by atoms with Gasteiger partial charge in [0.15, 0.2) is 0 Å². The van der Waals surface area contributed by atoms with E-state index in [1.807, 2.05) is 0 Å². The van der Waals surface area contributed by atoms with Gasteiger partial charge >= 0.3 is 0 Å². The van der Waals surface area contributed by atoms with Gasteiger partial charge in [-0.2, -0.15) is 0 Å². The smallest absolute Gasteiger partial charge is 0.0607 e. The van der Waals surface area contributed by atoms with Gasteiger partial charge < -0.3 is 10.1 Å². The Balaban J connectivity index is 1.81. The van der Waals surface area contributed by atoms with E-state index in [9.17, 15) is 0 Å². The molecule has 3 aliphatic rings. The van der Waals surface area contributed by atoms with Crippen LogP contribution in [0.15, 0.2) is 0 Å². The van der Waals surface area contributed by atoms with E-state index in [0.29, 0.717) is 10.4 Å². The molecule has 2 nitrogen and oxygen atoms in total. The molecule has 1 saturated carbocycles. The molecule has 1 N–H and O–H groups in total. The predicted octanol–water partition coefficient (Wildman–Crippen LogP) is 3.73. The molecule has 0 aromatic rings. The van der Waals surface area contributed by atoms with Crippen LogP contribution in [0.3, 0.4) is 0 Å². The second kappa shape index (κ2) is 6.03. The van der Waals surface area contributed by atoms with Gasteiger partial charge in [-0.15, -0.1) is 0 Å². The minimum atomic E-state index is 0.321. The van der Waals surface area contributed by atoms with E-state index < -0.39 is 0 Å². The molecule has 0 aromatic carbocycles. The maximum absolute atomic E-state index is 6.28. The summed E-state index contributed by atoms with van der Waals surface area (Å²) >= 11 is 4.02. The third-order valence-corrected chi connectivity index (χ3v) is 6.31. The largest absolute Gasteiger partial charge is 0.378 e. The number of ether oxygens (including phenoxy) is 1. The van der Waals surface area contributed by atoms with Crippen molar-refractivity contribution in [3.8, 4) is 0 Å². The molecular weight excluding hydrogens is 302 g/mol. The Morgan fingerprint density at radius 2 is 2.00 bits per heavy atom. The van der Waals surface area contributed by atoms with Gasteiger partial charge in [0.2, 0.25) is 0 Å². The molecule has 1 aliphatic carbocycles. The Morgan fingerprint density at radius 3 is 2.89 bits per heavy atom. The summed E-state index contributed by atoms with van der Waals surface area (Å²) in [5, 5.41) is 3.63. The molecule has 0 aromatic heterocycles. The Bertz CT molecular complexity index is 307. The first-order valence-corrected chi connectivity index (χ1v) is 8.96. The van der Waals surface area contributed by atoms with E-state index in [-0.39, 0.29) is 0 Å². The topological polar surface area (TPSA) is 21.3 Å². The van der Waals surface area contributed by atoms with Gasteiger partial charge in [-0.3, -0.25) is 0 Å². The van der Waals surface area contributed by atoms with Crippen molar-refractivity contribution in [3.63, 3.8) is 0 Å². The van der Waals surface area contributed by atoms with Gasteiger partial charge in [-0.05, 0) is 63.5 Å². The molecule has 3 fully saturated rings. The fourth-order valence-corrected chi connectivity index (χ4v) is 5.18. The lowest BCUT2D eigenvalue weighted by Crippen LogP contribution is -2.36. The maximum Gasteiger partial charge on any atom is 0.0607 e. The minimum absolute atomic E-state index is 0.321. The van der Waals surface area contributed by atoms with Crippen LogP contribution in [0.4, 0.5) is 0 Å². The molecule has 0 spiro atoms. The lowest BCUT2D eigenvalue weighted by atomic mass is 9.75.